The maximum atomic E-state index is 13.7. The number of hydroxylamine groups is 2. The van der Waals surface area contributed by atoms with E-state index in [0.717, 1.165) is 12.8 Å². The molecule has 0 aliphatic carbocycles. The zero-order valence-electron chi connectivity index (χ0n) is 18.9. The first-order valence-electron chi connectivity index (χ1n) is 11.2. The lowest BCUT2D eigenvalue weighted by molar-refractivity contribution is -0.168. The van der Waals surface area contributed by atoms with Crippen LogP contribution >= 0.6 is 0 Å². The summed E-state index contributed by atoms with van der Waals surface area (Å²) >= 11 is 0. The minimum Gasteiger partial charge on any atom is -0.376 e. The average Bonchev–Trinajstić information content (AvgIpc) is 3.55. The summed E-state index contributed by atoms with van der Waals surface area (Å²) in [7, 11) is 0. The molecule has 3 amide bonds. The van der Waals surface area contributed by atoms with Gasteiger partial charge in [-0.1, -0.05) is 0 Å². The Morgan fingerprint density at radius 2 is 2.15 bits per heavy atom. The maximum absolute atomic E-state index is 13.7. The van der Waals surface area contributed by atoms with E-state index in [9.17, 15) is 18.8 Å². The van der Waals surface area contributed by atoms with Crippen molar-refractivity contribution in [2.24, 2.45) is 0 Å². The van der Waals surface area contributed by atoms with E-state index in [0.29, 0.717) is 52.5 Å². The van der Waals surface area contributed by atoms with Gasteiger partial charge in [0.25, 0.3) is 17.7 Å². The highest BCUT2D eigenvalue weighted by Gasteiger charge is 2.37. The molecule has 2 saturated heterocycles. The normalized spacial score (nSPS) is 23.0. The summed E-state index contributed by atoms with van der Waals surface area (Å²) in [6.07, 6.45) is 3.39. The number of halogens is 1. The highest BCUT2D eigenvalue weighted by atomic mass is 19.1. The number of aromatic amines is 1. The highest BCUT2D eigenvalue weighted by molar-refractivity contribution is 6.34. The number of benzene rings is 1. The van der Waals surface area contributed by atoms with Crippen molar-refractivity contribution in [3.8, 4) is 0 Å². The zero-order valence-corrected chi connectivity index (χ0v) is 18.9. The summed E-state index contributed by atoms with van der Waals surface area (Å²) < 4.78 is 19.3. The van der Waals surface area contributed by atoms with Crippen LogP contribution in [0.3, 0.4) is 0 Å². The third kappa shape index (κ3) is 3.99. The van der Waals surface area contributed by atoms with Crippen LogP contribution < -0.4 is 10.6 Å². The molecule has 1 unspecified atom stereocenters. The van der Waals surface area contributed by atoms with Crippen LogP contribution in [0.25, 0.3) is 11.6 Å². The van der Waals surface area contributed by atoms with Gasteiger partial charge in [-0.25, -0.2) is 9.45 Å². The average molecular weight is 468 g/mol. The molecule has 1 aromatic carbocycles. The number of hydrogen-bond acceptors (Lipinski definition) is 5. The molecule has 0 bridgehead atoms. The standard InChI is InChI=1S/C24H25FN4O5/c1-12-19(9-17-16-8-14(25)5-6-18(16)27-22(17)30)26-13(2)21(12)23(31)28-20-11-34-29(24(20)32)10-15-4-3-7-33-15/h5-6,8-9,15,20,26H,3-4,7,10-11H2,1-2H3,(H,27,30)(H,28,31)/b17-9-/t15?,20-/m1/s1. The molecule has 2 aromatic rings. The van der Waals surface area contributed by atoms with Gasteiger partial charge in [0, 0.05) is 29.2 Å². The number of nitrogens with one attached hydrogen (secondary N) is 3. The number of rotatable bonds is 5. The molecule has 3 N–H and O–H groups in total. The largest absolute Gasteiger partial charge is 0.376 e. The lowest BCUT2D eigenvalue weighted by Gasteiger charge is -2.18. The Labute approximate surface area is 195 Å². The Morgan fingerprint density at radius 3 is 2.91 bits per heavy atom. The van der Waals surface area contributed by atoms with Crippen LogP contribution in [0.1, 0.15) is 45.7 Å². The van der Waals surface area contributed by atoms with Crippen LogP contribution in [0.2, 0.25) is 0 Å². The first kappa shape index (κ1) is 22.3. The number of aromatic nitrogens is 1. The lowest BCUT2D eigenvalue weighted by Crippen LogP contribution is -2.44. The van der Waals surface area contributed by atoms with Crippen molar-refractivity contribution in [2.75, 3.05) is 25.1 Å². The molecule has 34 heavy (non-hydrogen) atoms. The number of H-pyrrole nitrogens is 1. The van der Waals surface area contributed by atoms with Crippen LogP contribution in [0.4, 0.5) is 10.1 Å². The molecule has 0 spiro atoms. The Bertz CT molecular complexity index is 1210. The summed E-state index contributed by atoms with van der Waals surface area (Å²) in [5, 5.41) is 6.73. The molecule has 2 fully saturated rings. The number of aryl methyl sites for hydroxylation is 1. The van der Waals surface area contributed by atoms with E-state index in [1.807, 2.05) is 0 Å². The fourth-order valence-electron chi connectivity index (χ4n) is 4.63. The molecule has 3 aliphatic rings. The number of carbonyl (C=O) groups is 3. The highest BCUT2D eigenvalue weighted by Crippen LogP contribution is 2.34. The van der Waals surface area contributed by atoms with E-state index < -0.39 is 17.8 Å². The van der Waals surface area contributed by atoms with Gasteiger partial charge in [0.1, 0.15) is 18.5 Å². The smallest absolute Gasteiger partial charge is 0.271 e. The third-order valence-electron chi connectivity index (χ3n) is 6.40. The summed E-state index contributed by atoms with van der Waals surface area (Å²) in [6.45, 7) is 4.57. The number of ether oxygens (including phenoxy) is 1. The quantitative estimate of drug-likeness (QED) is 0.583. The molecule has 10 heteroatoms. The van der Waals surface area contributed by atoms with Crippen molar-refractivity contribution in [2.45, 2.75) is 38.8 Å². The topological polar surface area (TPSA) is 113 Å². The van der Waals surface area contributed by atoms with Crippen molar-refractivity contribution in [3.05, 3.63) is 52.1 Å². The molecule has 3 aliphatic heterocycles. The molecule has 1 aromatic heterocycles. The van der Waals surface area contributed by atoms with Crippen molar-refractivity contribution in [3.63, 3.8) is 0 Å². The molecule has 178 valence electrons. The van der Waals surface area contributed by atoms with Gasteiger partial charge in [-0.2, -0.15) is 0 Å². The molecular formula is C24H25FN4O5. The zero-order chi connectivity index (χ0) is 24.0. The molecule has 0 radical (unpaired) electrons. The van der Waals surface area contributed by atoms with Crippen LogP contribution in [-0.4, -0.2) is 59.7 Å². The van der Waals surface area contributed by atoms with E-state index in [2.05, 4.69) is 15.6 Å². The van der Waals surface area contributed by atoms with Gasteiger partial charge in [0.2, 0.25) is 0 Å². The summed E-state index contributed by atoms with van der Waals surface area (Å²) in [4.78, 5) is 46.8. The van der Waals surface area contributed by atoms with E-state index in [1.165, 1.54) is 23.3 Å². The van der Waals surface area contributed by atoms with Crippen LogP contribution in [0, 0.1) is 19.7 Å². The number of fused-ring (bicyclic) bond motifs is 1. The number of anilines is 1. The van der Waals surface area contributed by atoms with Gasteiger partial charge < -0.3 is 20.4 Å². The number of carbonyl (C=O) groups excluding carboxylic acids is 3. The van der Waals surface area contributed by atoms with Gasteiger partial charge in [0.15, 0.2) is 0 Å². The lowest BCUT2D eigenvalue weighted by atomic mass is 10.0. The van der Waals surface area contributed by atoms with Crippen LogP contribution in [0.5, 0.6) is 0 Å². The Balaban J connectivity index is 1.33. The van der Waals surface area contributed by atoms with E-state index in [-0.39, 0.29) is 24.5 Å². The van der Waals surface area contributed by atoms with Crippen molar-refractivity contribution >= 4 is 35.1 Å². The van der Waals surface area contributed by atoms with Gasteiger partial charge in [-0.05, 0) is 56.5 Å². The second-order valence-electron chi connectivity index (χ2n) is 8.72. The number of amides is 3. The third-order valence-corrected chi connectivity index (χ3v) is 6.40. The van der Waals surface area contributed by atoms with Crippen LogP contribution in [0.15, 0.2) is 18.2 Å². The Kier molecular flexibility index (Phi) is 5.70. The minimum absolute atomic E-state index is 0.0467. The molecule has 2 atom stereocenters. The maximum Gasteiger partial charge on any atom is 0.271 e. The monoisotopic (exact) mass is 468 g/mol. The predicted octanol–water partition coefficient (Wildman–Crippen LogP) is 2.31. The summed E-state index contributed by atoms with van der Waals surface area (Å²) in [6, 6.07) is 3.30. The molecule has 4 heterocycles. The molecular weight excluding hydrogens is 443 g/mol. The second kappa shape index (κ2) is 8.69. The van der Waals surface area contributed by atoms with Gasteiger partial charge >= 0.3 is 0 Å². The number of nitrogens with zero attached hydrogens (tertiary/aromatic N) is 1. The van der Waals surface area contributed by atoms with Crippen LogP contribution in [-0.2, 0) is 19.2 Å². The molecule has 0 saturated carbocycles. The van der Waals surface area contributed by atoms with Gasteiger partial charge in [0.05, 0.1) is 23.8 Å². The van der Waals surface area contributed by atoms with Crippen molar-refractivity contribution in [1.29, 1.82) is 0 Å². The Hall–Kier alpha value is -3.50. The Morgan fingerprint density at radius 1 is 1.32 bits per heavy atom. The van der Waals surface area contributed by atoms with E-state index in [4.69, 9.17) is 9.57 Å². The van der Waals surface area contributed by atoms with E-state index in [1.54, 1.807) is 19.9 Å². The number of hydrogen-bond donors (Lipinski definition) is 3. The van der Waals surface area contributed by atoms with E-state index >= 15 is 0 Å². The minimum atomic E-state index is -0.792. The fourth-order valence-corrected chi connectivity index (χ4v) is 4.63. The van der Waals surface area contributed by atoms with Crippen molar-refractivity contribution in [1.82, 2.24) is 15.4 Å². The molecule has 5 rings (SSSR count). The summed E-state index contributed by atoms with van der Waals surface area (Å²) in [5.41, 5.74) is 3.43. The first-order valence-corrected chi connectivity index (χ1v) is 11.2. The predicted molar refractivity (Wildman–Crippen MR) is 121 cm³/mol. The fraction of sp³-hybridized carbons (Fsp3) is 0.375. The van der Waals surface area contributed by atoms with Gasteiger partial charge in [-0.15, -0.1) is 0 Å². The summed E-state index contributed by atoms with van der Waals surface area (Å²) in [5.74, 6) is -1.52. The van der Waals surface area contributed by atoms with Gasteiger partial charge in [-0.3, -0.25) is 19.2 Å². The SMILES string of the molecule is Cc1[nH]c(/C=C2\C(=O)Nc3ccc(F)cc32)c(C)c1C(=O)N[C@@H]1CON(CC2CCCO2)C1=O. The van der Waals surface area contributed by atoms with Crippen molar-refractivity contribution < 1.29 is 28.3 Å². The molecule has 9 nitrogen and oxygen atoms in total. The second-order valence-corrected chi connectivity index (χ2v) is 8.72. The first-order chi connectivity index (χ1) is 16.3.